The first-order valence-corrected chi connectivity index (χ1v) is 5.99. The van der Waals surface area contributed by atoms with Crippen molar-refractivity contribution in [2.24, 2.45) is 0 Å². The number of nitro groups is 1. The van der Waals surface area contributed by atoms with E-state index < -0.39 is 16.6 Å². The summed E-state index contributed by atoms with van der Waals surface area (Å²) in [6.07, 6.45) is 4.05. The Bertz CT molecular complexity index is 488. The van der Waals surface area contributed by atoms with Crippen molar-refractivity contribution in [3.05, 3.63) is 34.0 Å². The third kappa shape index (κ3) is 4.82. The van der Waals surface area contributed by atoms with Crippen LogP contribution in [0.2, 0.25) is 0 Å². The van der Waals surface area contributed by atoms with Gasteiger partial charge in [0.25, 0.3) is 5.91 Å². The molecule has 0 aliphatic carbocycles. The topological polar surface area (TPSA) is 102 Å². The van der Waals surface area contributed by atoms with E-state index in [2.05, 4.69) is 10.3 Å². The number of carbonyl (C=O) groups is 2. The maximum atomic E-state index is 11.7. The SMILES string of the molecule is CCCCCC(=O)NC(=O)c1ccnc([N+](=O)[O-])c1. The number of nitrogens with one attached hydrogen (secondary N) is 1. The van der Waals surface area contributed by atoms with Crippen LogP contribution in [-0.4, -0.2) is 21.7 Å². The minimum absolute atomic E-state index is 0.0468. The van der Waals surface area contributed by atoms with Crippen molar-refractivity contribution in [3.63, 3.8) is 0 Å². The van der Waals surface area contributed by atoms with Crippen LogP contribution < -0.4 is 5.32 Å². The van der Waals surface area contributed by atoms with E-state index in [9.17, 15) is 19.7 Å². The van der Waals surface area contributed by atoms with Gasteiger partial charge in [0.15, 0.2) is 0 Å². The summed E-state index contributed by atoms with van der Waals surface area (Å²) in [5.74, 6) is -1.45. The van der Waals surface area contributed by atoms with Crippen molar-refractivity contribution in [2.45, 2.75) is 32.6 Å². The quantitative estimate of drug-likeness (QED) is 0.480. The summed E-state index contributed by atoms with van der Waals surface area (Å²) < 4.78 is 0. The third-order valence-corrected chi connectivity index (χ3v) is 2.46. The molecule has 102 valence electrons. The van der Waals surface area contributed by atoms with Crippen LogP contribution in [0.1, 0.15) is 43.0 Å². The summed E-state index contributed by atoms with van der Waals surface area (Å²) in [6, 6.07) is 2.36. The molecule has 0 spiro atoms. The molecule has 1 N–H and O–H groups in total. The van der Waals surface area contributed by atoms with Crippen LogP contribution in [0.3, 0.4) is 0 Å². The van der Waals surface area contributed by atoms with Crippen molar-refractivity contribution in [3.8, 4) is 0 Å². The van der Waals surface area contributed by atoms with E-state index in [0.29, 0.717) is 6.42 Å². The molecule has 2 amide bonds. The molecule has 7 nitrogen and oxygen atoms in total. The third-order valence-electron chi connectivity index (χ3n) is 2.46. The monoisotopic (exact) mass is 265 g/mol. The summed E-state index contributed by atoms with van der Waals surface area (Å²) in [6.45, 7) is 2.01. The second-order valence-electron chi connectivity index (χ2n) is 3.99. The van der Waals surface area contributed by atoms with Crippen LogP contribution in [0.5, 0.6) is 0 Å². The van der Waals surface area contributed by atoms with E-state index in [0.717, 1.165) is 25.1 Å². The van der Waals surface area contributed by atoms with Gasteiger partial charge in [-0.15, -0.1) is 0 Å². The molecular formula is C12H15N3O4. The molecule has 0 aliphatic rings. The number of rotatable bonds is 6. The van der Waals surface area contributed by atoms with Crippen molar-refractivity contribution < 1.29 is 14.5 Å². The molecule has 0 fully saturated rings. The fourth-order valence-electron chi connectivity index (χ4n) is 1.46. The van der Waals surface area contributed by atoms with Gasteiger partial charge >= 0.3 is 5.82 Å². The Morgan fingerprint density at radius 3 is 2.79 bits per heavy atom. The normalized spacial score (nSPS) is 9.95. The maximum absolute atomic E-state index is 11.7. The number of carbonyl (C=O) groups excluding carboxylic acids is 2. The van der Waals surface area contributed by atoms with Gasteiger partial charge in [-0.3, -0.25) is 14.9 Å². The number of hydrogen-bond donors (Lipinski definition) is 1. The molecule has 1 rings (SSSR count). The van der Waals surface area contributed by atoms with Crippen molar-refractivity contribution in [1.82, 2.24) is 10.3 Å². The highest BCUT2D eigenvalue weighted by atomic mass is 16.6. The van der Waals surface area contributed by atoms with E-state index >= 15 is 0 Å². The lowest BCUT2D eigenvalue weighted by molar-refractivity contribution is -0.389. The van der Waals surface area contributed by atoms with Gasteiger partial charge in [-0.2, -0.15) is 0 Å². The highest BCUT2D eigenvalue weighted by Crippen LogP contribution is 2.09. The summed E-state index contributed by atoms with van der Waals surface area (Å²) in [7, 11) is 0. The lowest BCUT2D eigenvalue weighted by atomic mass is 10.2. The molecule has 0 unspecified atom stereocenters. The van der Waals surface area contributed by atoms with Gasteiger partial charge in [0, 0.05) is 12.5 Å². The predicted molar refractivity (Wildman–Crippen MR) is 67.5 cm³/mol. The fraction of sp³-hybridized carbons (Fsp3) is 0.417. The molecule has 1 aromatic rings. The summed E-state index contributed by atoms with van der Waals surface area (Å²) >= 11 is 0. The minimum atomic E-state index is -0.695. The zero-order chi connectivity index (χ0) is 14.3. The molecule has 0 aliphatic heterocycles. The second-order valence-corrected chi connectivity index (χ2v) is 3.99. The Morgan fingerprint density at radius 1 is 1.42 bits per heavy atom. The fourth-order valence-corrected chi connectivity index (χ4v) is 1.46. The van der Waals surface area contributed by atoms with Crippen LogP contribution in [0.4, 0.5) is 5.82 Å². The number of amides is 2. The lowest BCUT2D eigenvalue weighted by Gasteiger charge is -2.03. The highest BCUT2D eigenvalue weighted by Gasteiger charge is 2.14. The Labute approximate surface area is 110 Å². The van der Waals surface area contributed by atoms with Gasteiger partial charge in [0.1, 0.15) is 6.20 Å². The van der Waals surface area contributed by atoms with Crippen LogP contribution in [0, 0.1) is 10.1 Å². The number of nitrogens with zero attached hydrogens (tertiary/aromatic N) is 2. The van der Waals surface area contributed by atoms with E-state index in [1.54, 1.807) is 0 Å². The first-order chi connectivity index (χ1) is 9.04. The van der Waals surface area contributed by atoms with Crippen LogP contribution in [0.25, 0.3) is 0 Å². The van der Waals surface area contributed by atoms with Gasteiger partial charge in [0.05, 0.1) is 5.56 Å². The molecular weight excluding hydrogens is 250 g/mol. The molecule has 0 radical (unpaired) electrons. The smallest absolute Gasteiger partial charge is 0.358 e. The Hall–Kier alpha value is -2.31. The lowest BCUT2D eigenvalue weighted by Crippen LogP contribution is -2.30. The predicted octanol–water partition coefficient (Wildman–Crippen LogP) is 1.83. The first-order valence-electron chi connectivity index (χ1n) is 5.99. The minimum Gasteiger partial charge on any atom is -0.358 e. The van der Waals surface area contributed by atoms with Gasteiger partial charge in [0.2, 0.25) is 5.91 Å². The van der Waals surface area contributed by atoms with Crippen LogP contribution in [-0.2, 0) is 4.79 Å². The summed E-state index contributed by atoms with van der Waals surface area (Å²) in [5.41, 5.74) is 0.0468. The molecule has 0 atom stereocenters. The Kier molecular flexibility index (Phi) is 5.59. The average molecular weight is 265 g/mol. The molecule has 0 saturated carbocycles. The van der Waals surface area contributed by atoms with E-state index in [4.69, 9.17) is 0 Å². The number of aromatic nitrogens is 1. The van der Waals surface area contributed by atoms with Crippen molar-refractivity contribution in [1.29, 1.82) is 0 Å². The molecule has 0 bridgehead atoms. The van der Waals surface area contributed by atoms with E-state index in [1.165, 1.54) is 6.07 Å². The van der Waals surface area contributed by atoms with Crippen LogP contribution in [0.15, 0.2) is 18.3 Å². The zero-order valence-electron chi connectivity index (χ0n) is 10.6. The van der Waals surface area contributed by atoms with Crippen LogP contribution >= 0.6 is 0 Å². The van der Waals surface area contributed by atoms with Gasteiger partial charge < -0.3 is 10.1 Å². The average Bonchev–Trinajstić information content (AvgIpc) is 2.39. The van der Waals surface area contributed by atoms with Gasteiger partial charge in [-0.1, -0.05) is 19.8 Å². The number of unbranched alkanes of at least 4 members (excludes halogenated alkanes) is 2. The Morgan fingerprint density at radius 2 is 2.16 bits per heavy atom. The Balaban J connectivity index is 2.60. The van der Waals surface area contributed by atoms with Gasteiger partial charge in [-0.05, 0) is 22.4 Å². The molecule has 1 heterocycles. The summed E-state index contributed by atoms with van der Waals surface area (Å²) in [4.78, 5) is 36.4. The van der Waals surface area contributed by atoms with Gasteiger partial charge in [-0.25, -0.2) is 0 Å². The van der Waals surface area contributed by atoms with Crippen molar-refractivity contribution in [2.75, 3.05) is 0 Å². The van der Waals surface area contributed by atoms with Crippen molar-refractivity contribution >= 4 is 17.6 Å². The largest absolute Gasteiger partial charge is 0.364 e. The first kappa shape index (κ1) is 14.7. The second kappa shape index (κ2) is 7.20. The number of imide groups is 1. The number of pyridine rings is 1. The summed E-state index contributed by atoms with van der Waals surface area (Å²) in [5, 5.41) is 12.7. The molecule has 7 heteroatoms. The molecule has 0 saturated heterocycles. The highest BCUT2D eigenvalue weighted by molar-refractivity contribution is 6.04. The molecule has 19 heavy (non-hydrogen) atoms. The molecule has 0 aromatic carbocycles. The number of hydrogen-bond acceptors (Lipinski definition) is 5. The van der Waals surface area contributed by atoms with E-state index in [-0.39, 0.29) is 17.9 Å². The van der Waals surface area contributed by atoms with E-state index in [1.807, 2.05) is 6.92 Å². The molecule has 1 aromatic heterocycles. The standard InChI is InChI=1S/C12H15N3O4/c1-2-3-4-5-11(16)14-12(17)9-6-7-13-10(8-9)15(18)19/h6-8H,2-5H2,1H3,(H,14,16,17). The maximum Gasteiger partial charge on any atom is 0.364 e. The zero-order valence-corrected chi connectivity index (χ0v) is 10.6.